The van der Waals surface area contributed by atoms with Crippen LogP contribution in [0.15, 0.2) is 91.0 Å². The maximum atomic E-state index is 13.6. The number of amides is 2. The molecule has 43 heavy (non-hydrogen) atoms. The highest BCUT2D eigenvalue weighted by Gasteiger charge is 2.24. The third kappa shape index (κ3) is 7.01. The van der Waals surface area contributed by atoms with Crippen LogP contribution in [-0.2, 0) is 6.54 Å². The average molecular weight is 581 g/mol. The highest BCUT2D eigenvalue weighted by molar-refractivity contribution is 6.06. The summed E-state index contributed by atoms with van der Waals surface area (Å²) in [7, 11) is 4.75. The van der Waals surface area contributed by atoms with Crippen LogP contribution < -0.4 is 34.6 Å². The standard InChI is InChI=1S/C34H36N4O5/c1-41-27-19-25(20-28(22-27)42-2)33(39)36-26-13-14-30(29(21-26)34(40)35-23-24-9-5-4-6-10-24)37-15-17-38(18-16-37)31-11-7-8-12-32(31)43-3/h4-14,19-22H,15-18,23H2,1-3H3,(H,35,40)(H,36,39). The molecule has 4 aromatic carbocycles. The monoisotopic (exact) mass is 580 g/mol. The van der Waals surface area contributed by atoms with Crippen molar-refractivity contribution in [3.05, 3.63) is 108 Å². The Morgan fingerprint density at radius 3 is 1.95 bits per heavy atom. The summed E-state index contributed by atoms with van der Waals surface area (Å²) in [6.45, 7) is 3.35. The van der Waals surface area contributed by atoms with E-state index >= 15 is 0 Å². The van der Waals surface area contributed by atoms with Gasteiger partial charge < -0.3 is 34.6 Å². The van der Waals surface area contributed by atoms with E-state index in [9.17, 15) is 9.59 Å². The highest BCUT2D eigenvalue weighted by atomic mass is 16.5. The lowest BCUT2D eigenvalue weighted by Crippen LogP contribution is -2.47. The van der Waals surface area contributed by atoms with Crippen molar-refractivity contribution in [3.8, 4) is 17.2 Å². The highest BCUT2D eigenvalue weighted by Crippen LogP contribution is 2.31. The summed E-state index contributed by atoms with van der Waals surface area (Å²) in [6.07, 6.45) is 0. The van der Waals surface area contributed by atoms with E-state index in [1.807, 2.05) is 60.7 Å². The third-order valence-corrected chi connectivity index (χ3v) is 7.45. The lowest BCUT2D eigenvalue weighted by Gasteiger charge is -2.38. The van der Waals surface area contributed by atoms with Crippen LogP contribution in [0.1, 0.15) is 26.3 Å². The smallest absolute Gasteiger partial charge is 0.255 e. The Morgan fingerprint density at radius 2 is 1.30 bits per heavy atom. The number of carbonyl (C=O) groups is 2. The number of hydrogen-bond donors (Lipinski definition) is 2. The van der Waals surface area contributed by atoms with Gasteiger partial charge in [-0.2, -0.15) is 0 Å². The van der Waals surface area contributed by atoms with Gasteiger partial charge in [0.25, 0.3) is 11.8 Å². The van der Waals surface area contributed by atoms with Gasteiger partial charge in [-0.25, -0.2) is 0 Å². The molecule has 0 saturated carbocycles. The summed E-state index contributed by atoms with van der Waals surface area (Å²) in [6, 6.07) is 28.2. The van der Waals surface area contributed by atoms with Crippen LogP contribution in [0.5, 0.6) is 17.2 Å². The maximum Gasteiger partial charge on any atom is 0.255 e. The van der Waals surface area contributed by atoms with E-state index in [2.05, 4.69) is 26.5 Å². The van der Waals surface area contributed by atoms with E-state index in [1.54, 1.807) is 31.4 Å². The van der Waals surface area contributed by atoms with Gasteiger partial charge in [0.1, 0.15) is 17.2 Å². The van der Waals surface area contributed by atoms with Crippen LogP contribution in [0.2, 0.25) is 0 Å². The van der Waals surface area contributed by atoms with Crippen molar-refractivity contribution in [1.82, 2.24) is 5.32 Å². The second-order valence-corrected chi connectivity index (χ2v) is 10.1. The van der Waals surface area contributed by atoms with E-state index in [0.717, 1.165) is 35.8 Å². The Labute approximate surface area is 252 Å². The zero-order chi connectivity index (χ0) is 30.2. The molecule has 1 saturated heterocycles. The quantitative estimate of drug-likeness (QED) is 0.266. The second-order valence-electron chi connectivity index (χ2n) is 10.1. The molecule has 1 heterocycles. The molecule has 1 aliphatic heterocycles. The minimum atomic E-state index is -0.342. The van der Waals surface area contributed by atoms with Gasteiger partial charge in [0.15, 0.2) is 0 Å². The number of benzene rings is 4. The largest absolute Gasteiger partial charge is 0.497 e. The topological polar surface area (TPSA) is 92.4 Å². The minimum Gasteiger partial charge on any atom is -0.497 e. The second kappa shape index (κ2) is 13.7. The zero-order valence-corrected chi connectivity index (χ0v) is 24.6. The molecule has 1 fully saturated rings. The first-order valence-electron chi connectivity index (χ1n) is 14.1. The first-order valence-corrected chi connectivity index (χ1v) is 14.1. The maximum absolute atomic E-state index is 13.6. The molecular weight excluding hydrogens is 544 g/mol. The van der Waals surface area contributed by atoms with Gasteiger partial charge in [0, 0.05) is 55.7 Å². The van der Waals surface area contributed by atoms with Crippen molar-refractivity contribution in [2.75, 3.05) is 62.6 Å². The summed E-state index contributed by atoms with van der Waals surface area (Å²) in [5, 5.41) is 5.98. The van der Waals surface area contributed by atoms with Crippen LogP contribution in [-0.4, -0.2) is 59.3 Å². The molecule has 5 rings (SSSR count). The van der Waals surface area contributed by atoms with Gasteiger partial charge in [-0.15, -0.1) is 0 Å². The fourth-order valence-corrected chi connectivity index (χ4v) is 5.17. The molecule has 0 spiro atoms. The molecule has 0 aromatic heterocycles. The Hall–Kier alpha value is -5.18. The summed E-state index contributed by atoms with van der Waals surface area (Å²) in [5.74, 6) is 1.29. The first kappa shape index (κ1) is 29.3. The van der Waals surface area contributed by atoms with E-state index in [4.69, 9.17) is 14.2 Å². The molecule has 2 amide bonds. The van der Waals surface area contributed by atoms with Crippen molar-refractivity contribution in [3.63, 3.8) is 0 Å². The van der Waals surface area contributed by atoms with Crippen LogP contribution in [0.25, 0.3) is 0 Å². The fourth-order valence-electron chi connectivity index (χ4n) is 5.17. The van der Waals surface area contributed by atoms with Crippen molar-refractivity contribution in [2.45, 2.75) is 6.54 Å². The number of rotatable bonds is 10. The van der Waals surface area contributed by atoms with Gasteiger partial charge in [-0.05, 0) is 48.0 Å². The van der Waals surface area contributed by atoms with Crippen molar-refractivity contribution < 1.29 is 23.8 Å². The Bertz CT molecular complexity index is 1550. The van der Waals surface area contributed by atoms with Gasteiger partial charge in [0.2, 0.25) is 0 Å². The number of carbonyl (C=O) groups excluding carboxylic acids is 2. The van der Waals surface area contributed by atoms with Gasteiger partial charge >= 0.3 is 0 Å². The van der Waals surface area contributed by atoms with Crippen LogP contribution in [0, 0.1) is 0 Å². The Morgan fingerprint density at radius 1 is 0.674 bits per heavy atom. The van der Waals surface area contributed by atoms with Crippen molar-refractivity contribution in [1.29, 1.82) is 0 Å². The molecule has 2 N–H and O–H groups in total. The van der Waals surface area contributed by atoms with Gasteiger partial charge in [0.05, 0.1) is 32.6 Å². The molecule has 0 atom stereocenters. The Kier molecular flexibility index (Phi) is 9.31. The molecular formula is C34H36N4O5. The first-order chi connectivity index (χ1) is 21.0. The molecule has 0 bridgehead atoms. The van der Waals surface area contributed by atoms with E-state index in [1.165, 1.54) is 14.2 Å². The summed E-state index contributed by atoms with van der Waals surface area (Å²) >= 11 is 0. The molecule has 222 valence electrons. The van der Waals surface area contributed by atoms with Crippen LogP contribution in [0.4, 0.5) is 17.1 Å². The number of ether oxygens (including phenoxy) is 3. The number of methoxy groups -OCH3 is 3. The predicted octanol–water partition coefficient (Wildman–Crippen LogP) is 5.22. The number of nitrogens with one attached hydrogen (secondary N) is 2. The molecule has 9 nitrogen and oxygen atoms in total. The summed E-state index contributed by atoms with van der Waals surface area (Å²) < 4.78 is 16.2. The van der Waals surface area contributed by atoms with Crippen molar-refractivity contribution in [2.24, 2.45) is 0 Å². The van der Waals surface area contributed by atoms with Crippen LogP contribution >= 0.6 is 0 Å². The lowest BCUT2D eigenvalue weighted by atomic mass is 10.1. The predicted molar refractivity (Wildman–Crippen MR) is 169 cm³/mol. The normalized spacial score (nSPS) is 12.8. The number of piperazine rings is 1. The zero-order valence-electron chi connectivity index (χ0n) is 24.6. The number of para-hydroxylation sites is 2. The summed E-state index contributed by atoms with van der Waals surface area (Å²) in [4.78, 5) is 31.3. The molecule has 1 aliphatic rings. The molecule has 0 unspecified atom stereocenters. The lowest BCUT2D eigenvalue weighted by molar-refractivity contribution is 0.0950. The number of nitrogens with zero attached hydrogens (tertiary/aromatic N) is 2. The third-order valence-electron chi connectivity index (χ3n) is 7.45. The van der Waals surface area contributed by atoms with Crippen molar-refractivity contribution >= 4 is 28.9 Å². The molecule has 0 radical (unpaired) electrons. The fraction of sp³-hybridized carbons (Fsp3) is 0.235. The van der Waals surface area contributed by atoms with E-state index in [-0.39, 0.29) is 11.8 Å². The Balaban J connectivity index is 1.38. The molecule has 4 aromatic rings. The summed E-state index contributed by atoms with van der Waals surface area (Å²) in [5.41, 5.74) is 4.24. The molecule has 9 heteroatoms. The number of anilines is 3. The number of hydrogen-bond acceptors (Lipinski definition) is 7. The van der Waals surface area contributed by atoms with E-state index in [0.29, 0.717) is 47.9 Å². The minimum absolute atomic E-state index is 0.217. The van der Waals surface area contributed by atoms with Crippen LogP contribution in [0.3, 0.4) is 0 Å². The van der Waals surface area contributed by atoms with E-state index < -0.39 is 0 Å². The molecule has 0 aliphatic carbocycles. The van der Waals surface area contributed by atoms with Gasteiger partial charge in [-0.3, -0.25) is 9.59 Å². The van der Waals surface area contributed by atoms with Gasteiger partial charge in [-0.1, -0.05) is 42.5 Å². The SMILES string of the molecule is COc1cc(OC)cc(C(=O)Nc2ccc(N3CCN(c4ccccc4OC)CC3)c(C(=O)NCc3ccccc3)c2)c1. The average Bonchev–Trinajstić information content (AvgIpc) is 3.07.